The minimum atomic E-state index is -1.78. The second-order valence-corrected chi connectivity index (χ2v) is 5.56. The Labute approximate surface area is 165 Å². The van der Waals surface area contributed by atoms with Crippen molar-refractivity contribution in [1.82, 2.24) is 0 Å². The number of carboxylic acid groups (broad SMARTS) is 4. The van der Waals surface area contributed by atoms with Crippen LogP contribution in [0.5, 0.6) is 0 Å². The Hall–Kier alpha value is -3.28. The molecule has 162 valence electrons. The lowest BCUT2D eigenvalue weighted by molar-refractivity contribution is -0.132. The molecule has 0 heterocycles. The van der Waals surface area contributed by atoms with E-state index in [1.807, 2.05) is 0 Å². The number of hydrogen-bond donors (Lipinski definition) is 7. The molecule has 0 bridgehead atoms. The minimum Gasteiger partial charge on any atom is -0.478 e. The second kappa shape index (κ2) is 13.8. The smallest absolute Gasteiger partial charge is 0.328 e. The molecule has 0 radical (unpaired) electrons. The average Bonchev–Trinajstić information content (AvgIpc) is 2.66. The molecule has 0 amide bonds. The zero-order chi connectivity index (χ0) is 23.1. The number of carbonyl (C=O) groups is 4. The van der Waals surface area contributed by atoms with E-state index in [9.17, 15) is 34.5 Å². The molecule has 0 fully saturated rings. The predicted molar refractivity (Wildman–Crippen MR) is 98.9 cm³/mol. The van der Waals surface area contributed by atoms with Gasteiger partial charge in [0, 0.05) is 41.7 Å². The van der Waals surface area contributed by atoms with Gasteiger partial charge in [-0.25, -0.2) is 19.2 Å². The highest BCUT2D eigenvalue weighted by Gasteiger charge is 2.46. The summed E-state index contributed by atoms with van der Waals surface area (Å²) in [6.07, 6.45) is 5.35. The number of aliphatic hydroxyl groups excluding tert-OH is 3. The third-order valence-corrected chi connectivity index (χ3v) is 3.79. The molecule has 0 aliphatic heterocycles. The van der Waals surface area contributed by atoms with Crippen LogP contribution >= 0.6 is 0 Å². The van der Waals surface area contributed by atoms with Gasteiger partial charge in [-0.1, -0.05) is 24.8 Å². The number of allylic oxidation sites excluding steroid dienone is 3. The summed E-state index contributed by atoms with van der Waals surface area (Å²) in [5.74, 6) is -5.19. The third-order valence-electron chi connectivity index (χ3n) is 3.79. The Bertz CT molecular complexity index is 609. The lowest BCUT2D eigenvalue weighted by Gasteiger charge is -2.43. The van der Waals surface area contributed by atoms with Crippen molar-refractivity contribution in [2.24, 2.45) is 10.8 Å². The molecule has 11 nitrogen and oxygen atoms in total. The average molecular weight is 416 g/mol. The summed E-state index contributed by atoms with van der Waals surface area (Å²) in [7, 11) is 0. The van der Waals surface area contributed by atoms with E-state index < -0.39 is 54.5 Å². The van der Waals surface area contributed by atoms with Gasteiger partial charge in [0.05, 0.1) is 13.2 Å². The molecule has 7 N–H and O–H groups in total. The summed E-state index contributed by atoms with van der Waals surface area (Å²) in [6.45, 7) is 0.887. The van der Waals surface area contributed by atoms with Gasteiger partial charge in [0.25, 0.3) is 0 Å². The molecule has 0 atom stereocenters. The third kappa shape index (κ3) is 10.0. The van der Waals surface area contributed by atoms with Gasteiger partial charge in [-0.15, -0.1) is 0 Å². The Kier molecular flexibility index (Phi) is 13.3. The van der Waals surface area contributed by atoms with Crippen molar-refractivity contribution >= 4 is 23.9 Å². The van der Waals surface area contributed by atoms with Crippen LogP contribution in [0.2, 0.25) is 0 Å². The molecule has 0 aromatic rings. The Morgan fingerprint density at radius 1 is 0.690 bits per heavy atom. The Morgan fingerprint density at radius 3 is 1.17 bits per heavy atom. The van der Waals surface area contributed by atoms with Gasteiger partial charge in [0.2, 0.25) is 0 Å². The van der Waals surface area contributed by atoms with Crippen LogP contribution in [0.4, 0.5) is 0 Å². The van der Waals surface area contributed by atoms with Crippen LogP contribution in [-0.4, -0.2) is 79.4 Å². The quantitative estimate of drug-likeness (QED) is 0.202. The molecule has 0 aliphatic rings. The lowest BCUT2D eigenvalue weighted by Crippen LogP contribution is -2.45. The van der Waals surface area contributed by atoms with Crippen molar-refractivity contribution in [3.63, 3.8) is 0 Å². The van der Waals surface area contributed by atoms with Crippen LogP contribution in [0.25, 0.3) is 0 Å². The van der Waals surface area contributed by atoms with E-state index in [1.54, 1.807) is 0 Å². The van der Waals surface area contributed by atoms with Crippen molar-refractivity contribution in [1.29, 1.82) is 0 Å². The fourth-order valence-electron chi connectivity index (χ4n) is 2.24. The van der Waals surface area contributed by atoms with Gasteiger partial charge < -0.3 is 35.7 Å². The van der Waals surface area contributed by atoms with Gasteiger partial charge >= 0.3 is 23.9 Å². The van der Waals surface area contributed by atoms with Gasteiger partial charge in [-0.3, -0.25) is 0 Å². The number of aliphatic hydroxyl groups is 3. The van der Waals surface area contributed by atoms with Gasteiger partial charge in [-0.05, 0) is 6.42 Å². The van der Waals surface area contributed by atoms with Crippen LogP contribution in [0.3, 0.4) is 0 Å². The van der Waals surface area contributed by atoms with Gasteiger partial charge in [-0.2, -0.15) is 0 Å². The molecule has 29 heavy (non-hydrogen) atoms. The van der Waals surface area contributed by atoms with Crippen molar-refractivity contribution in [3.05, 3.63) is 49.1 Å². The topological polar surface area (TPSA) is 210 Å². The molecule has 0 rings (SSSR count). The first kappa shape index (κ1) is 27.9. The molecule has 0 spiro atoms. The first-order valence-corrected chi connectivity index (χ1v) is 7.90. The normalized spacial score (nSPS) is 13.6. The molecule has 0 aromatic heterocycles. The summed E-state index contributed by atoms with van der Waals surface area (Å²) in [4.78, 5) is 41.8. The number of aliphatic carboxylic acids is 4. The van der Waals surface area contributed by atoms with Crippen LogP contribution in [0.15, 0.2) is 49.1 Å². The highest BCUT2D eigenvalue weighted by Crippen LogP contribution is 2.46. The number of carboxylic acids is 4. The lowest BCUT2D eigenvalue weighted by atomic mass is 9.61. The van der Waals surface area contributed by atoms with Gasteiger partial charge in [0.15, 0.2) is 0 Å². The van der Waals surface area contributed by atoms with Crippen LogP contribution in [0.1, 0.15) is 6.42 Å². The standard InChI is InChI=1S/C15H20O9.C3H4O2/c16-8-7-15(9-17,10-18)14(4-1-11(19)20,5-2-12(21)22)6-3-13(23)24;1-2-3(4)5/h1-6,16-18H,7-10H2,(H,19,20)(H,21,22)(H,23,24);2H,1H2,(H,4,5). The van der Waals surface area contributed by atoms with Crippen LogP contribution in [0, 0.1) is 10.8 Å². The monoisotopic (exact) mass is 416 g/mol. The predicted octanol–water partition coefficient (Wildman–Crippen LogP) is -0.494. The van der Waals surface area contributed by atoms with E-state index in [-0.39, 0.29) is 6.42 Å². The molecule has 0 aliphatic carbocycles. The maximum atomic E-state index is 10.8. The number of hydrogen-bond acceptors (Lipinski definition) is 7. The summed E-state index contributed by atoms with van der Waals surface area (Å²) in [5, 5.41) is 62.8. The first-order valence-electron chi connectivity index (χ1n) is 7.90. The summed E-state index contributed by atoms with van der Waals surface area (Å²) in [6, 6.07) is 0. The Morgan fingerprint density at radius 2 is 1.00 bits per heavy atom. The molecule has 0 saturated carbocycles. The van der Waals surface area contributed by atoms with E-state index >= 15 is 0 Å². The van der Waals surface area contributed by atoms with Crippen molar-refractivity contribution in [3.8, 4) is 0 Å². The fraction of sp³-hybridized carbons (Fsp3) is 0.333. The van der Waals surface area contributed by atoms with Gasteiger partial charge in [0.1, 0.15) is 0 Å². The summed E-state index contributed by atoms with van der Waals surface area (Å²) >= 11 is 0. The highest BCUT2D eigenvalue weighted by atomic mass is 16.4. The largest absolute Gasteiger partial charge is 0.478 e. The molecular formula is C18H24O11. The zero-order valence-electron chi connectivity index (χ0n) is 15.3. The molecule has 0 aromatic carbocycles. The SMILES string of the molecule is C=CC(=O)O.O=C(O)C=CC(C=CC(=O)O)(C=CC(=O)O)C(CO)(CO)CCO. The zero-order valence-corrected chi connectivity index (χ0v) is 15.3. The molecule has 0 unspecified atom stereocenters. The Balaban J connectivity index is 0. The fourth-order valence-corrected chi connectivity index (χ4v) is 2.24. The highest BCUT2D eigenvalue weighted by molar-refractivity contribution is 5.83. The molecular weight excluding hydrogens is 392 g/mol. The number of rotatable bonds is 12. The van der Waals surface area contributed by atoms with Crippen molar-refractivity contribution in [2.45, 2.75) is 6.42 Å². The minimum absolute atomic E-state index is 0.252. The van der Waals surface area contributed by atoms with Crippen molar-refractivity contribution < 1.29 is 54.9 Å². The van der Waals surface area contributed by atoms with Crippen LogP contribution in [-0.2, 0) is 19.2 Å². The van der Waals surface area contributed by atoms with E-state index in [0.29, 0.717) is 18.2 Å². The molecule has 0 saturated heterocycles. The maximum absolute atomic E-state index is 10.8. The maximum Gasteiger partial charge on any atom is 0.328 e. The second-order valence-electron chi connectivity index (χ2n) is 5.56. The van der Waals surface area contributed by atoms with Crippen molar-refractivity contribution in [2.75, 3.05) is 19.8 Å². The summed E-state index contributed by atoms with van der Waals surface area (Å²) < 4.78 is 0. The van der Waals surface area contributed by atoms with E-state index in [2.05, 4.69) is 6.58 Å². The van der Waals surface area contributed by atoms with Crippen LogP contribution < -0.4 is 0 Å². The van der Waals surface area contributed by atoms with E-state index in [1.165, 1.54) is 0 Å². The van der Waals surface area contributed by atoms with E-state index in [4.69, 9.17) is 20.4 Å². The first-order chi connectivity index (χ1) is 13.5. The summed E-state index contributed by atoms with van der Waals surface area (Å²) in [5.41, 5.74) is -3.42. The molecule has 11 heteroatoms. The van der Waals surface area contributed by atoms with E-state index in [0.717, 1.165) is 24.3 Å².